The van der Waals surface area contributed by atoms with Crippen molar-refractivity contribution in [2.75, 3.05) is 26.2 Å². The number of halogens is 2. The summed E-state index contributed by atoms with van der Waals surface area (Å²) in [6, 6.07) is 7.95. The maximum absolute atomic E-state index is 6.29. The number of piperidine rings is 1. The van der Waals surface area contributed by atoms with Crippen LogP contribution in [0, 0.1) is 5.92 Å². The Kier molecular flexibility index (Phi) is 5.34. The fourth-order valence-electron chi connectivity index (χ4n) is 2.14. The number of ether oxygens (including phenoxy) is 1. The molecule has 0 N–H and O–H groups in total. The van der Waals surface area contributed by atoms with Crippen LogP contribution in [0.4, 0.5) is 0 Å². The van der Waals surface area contributed by atoms with Crippen molar-refractivity contribution in [2.45, 2.75) is 18.7 Å². The molecule has 0 spiro atoms. The van der Waals surface area contributed by atoms with Crippen LogP contribution in [0.15, 0.2) is 28.7 Å². The average molecular weight is 333 g/mol. The van der Waals surface area contributed by atoms with Gasteiger partial charge in [-0.3, -0.25) is 4.90 Å². The van der Waals surface area contributed by atoms with Crippen LogP contribution < -0.4 is 4.74 Å². The van der Waals surface area contributed by atoms with Crippen molar-refractivity contribution in [3.8, 4) is 5.75 Å². The van der Waals surface area contributed by atoms with E-state index in [1.165, 1.54) is 6.42 Å². The summed E-state index contributed by atoms with van der Waals surface area (Å²) in [5, 5.41) is 0.282. The maximum Gasteiger partial charge on any atom is 0.120 e. The van der Waals surface area contributed by atoms with Gasteiger partial charge in [0.2, 0.25) is 0 Å². The fraction of sp³-hybridized carbons (Fsp3) is 0.571. The zero-order valence-corrected chi connectivity index (χ0v) is 13.0. The molecule has 2 nitrogen and oxygen atoms in total. The molecule has 1 aromatic carbocycles. The highest BCUT2D eigenvalue weighted by atomic mass is 79.9. The lowest BCUT2D eigenvalue weighted by Crippen LogP contribution is -2.42. The number of benzene rings is 1. The van der Waals surface area contributed by atoms with Crippen molar-refractivity contribution in [3.63, 3.8) is 0 Å². The molecule has 2 atom stereocenters. The SMILES string of the molecule is CC1CCN(CCOc2cccc(Br)c2)CC1Cl. The summed E-state index contributed by atoms with van der Waals surface area (Å²) in [6.45, 7) is 6.00. The van der Waals surface area contributed by atoms with Gasteiger partial charge in [-0.1, -0.05) is 28.9 Å². The first-order valence-corrected chi connectivity index (χ1v) is 7.63. The Hall–Kier alpha value is -0.250. The first kappa shape index (κ1) is 14.2. The molecule has 1 aliphatic rings. The summed E-state index contributed by atoms with van der Waals surface area (Å²) in [5.41, 5.74) is 0. The molecule has 0 saturated carbocycles. The highest BCUT2D eigenvalue weighted by Crippen LogP contribution is 2.22. The van der Waals surface area contributed by atoms with Crippen molar-refractivity contribution >= 4 is 27.5 Å². The van der Waals surface area contributed by atoms with Crippen molar-refractivity contribution in [1.82, 2.24) is 4.90 Å². The van der Waals surface area contributed by atoms with Gasteiger partial charge in [0, 0.05) is 22.9 Å². The zero-order valence-electron chi connectivity index (χ0n) is 10.6. The Morgan fingerprint density at radius 1 is 1.50 bits per heavy atom. The van der Waals surface area contributed by atoms with Gasteiger partial charge in [0.15, 0.2) is 0 Å². The van der Waals surface area contributed by atoms with Crippen LogP contribution in [-0.4, -0.2) is 36.5 Å². The molecule has 1 saturated heterocycles. The van der Waals surface area contributed by atoms with E-state index in [0.717, 1.165) is 29.9 Å². The maximum atomic E-state index is 6.29. The number of alkyl halides is 1. The molecule has 1 heterocycles. The van der Waals surface area contributed by atoms with Crippen molar-refractivity contribution in [3.05, 3.63) is 28.7 Å². The Morgan fingerprint density at radius 2 is 2.33 bits per heavy atom. The Morgan fingerprint density at radius 3 is 3.06 bits per heavy atom. The van der Waals surface area contributed by atoms with E-state index < -0.39 is 0 Å². The van der Waals surface area contributed by atoms with Crippen molar-refractivity contribution in [2.24, 2.45) is 5.92 Å². The molecule has 0 bridgehead atoms. The van der Waals surface area contributed by atoms with E-state index in [0.29, 0.717) is 12.5 Å². The minimum atomic E-state index is 0.282. The smallest absolute Gasteiger partial charge is 0.120 e. The molecule has 4 heteroatoms. The third-order valence-electron chi connectivity index (χ3n) is 3.42. The zero-order chi connectivity index (χ0) is 13.0. The number of hydrogen-bond donors (Lipinski definition) is 0. The van der Waals surface area contributed by atoms with Crippen LogP contribution in [0.3, 0.4) is 0 Å². The van der Waals surface area contributed by atoms with Gasteiger partial charge in [-0.05, 0) is 37.1 Å². The average Bonchev–Trinajstić information content (AvgIpc) is 2.34. The van der Waals surface area contributed by atoms with E-state index in [1.54, 1.807) is 0 Å². The Bertz CT molecular complexity index is 388. The van der Waals surface area contributed by atoms with Gasteiger partial charge in [-0.25, -0.2) is 0 Å². The van der Waals surface area contributed by atoms with Crippen LogP contribution in [0.25, 0.3) is 0 Å². The number of likely N-dealkylation sites (tertiary alicyclic amines) is 1. The highest BCUT2D eigenvalue weighted by molar-refractivity contribution is 9.10. The Labute approximate surface area is 122 Å². The van der Waals surface area contributed by atoms with Gasteiger partial charge < -0.3 is 4.74 Å². The molecule has 0 aromatic heterocycles. The molecule has 100 valence electrons. The molecule has 2 unspecified atom stereocenters. The van der Waals surface area contributed by atoms with Gasteiger partial charge in [0.05, 0.1) is 0 Å². The summed E-state index contributed by atoms with van der Waals surface area (Å²) in [5.74, 6) is 1.55. The quantitative estimate of drug-likeness (QED) is 0.778. The first-order valence-electron chi connectivity index (χ1n) is 6.40. The molecule has 2 rings (SSSR count). The minimum Gasteiger partial charge on any atom is -0.492 e. The lowest BCUT2D eigenvalue weighted by Gasteiger charge is -2.33. The summed E-state index contributed by atoms with van der Waals surface area (Å²) < 4.78 is 6.79. The molecule has 0 radical (unpaired) electrons. The van der Waals surface area contributed by atoms with Gasteiger partial charge in [0.1, 0.15) is 12.4 Å². The third kappa shape index (κ3) is 4.15. The normalized spacial score (nSPS) is 25.1. The van der Waals surface area contributed by atoms with Crippen LogP contribution in [0.1, 0.15) is 13.3 Å². The summed E-state index contributed by atoms with van der Waals surface area (Å²) in [6.07, 6.45) is 1.19. The lowest BCUT2D eigenvalue weighted by atomic mass is 9.99. The monoisotopic (exact) mass is 331 g/mol. The number of rotatable bonds is 4. The van der Waals surface area contributed by atoms with E-state index >= 15 is 0 Å². The highest BCUT2D eigenvalue weighted by Gasteiger charge is 2.23. The number of nitrogens with zero attached hydrogens (tertiary/aromatic N) is 1. The fourth-order valence-corrected chi connectivity index (χ4v) is 2.84. The molecule has 1 aliphatic heterocycles. The van der Waals surface area contributed by atoms with E-state index in [2.05, 4.69) is 27.8 Å². The lowest BCUT2D eigenvalue weighted by molar-refractivity contribution is 0.163. The van der Waals surface area contributed by atoms with Crippen LogP contribution in [0.5, 0.6) is 5.75 Å². The van der Waals surface area contributed by atoms with E-state index in [1.807, 2.05) is 24.3 Å². The van der Waals surface area contributed by atoms with E-state index in [9.17, 15) is 0 Å². The summed E-state index contributed by atoms with van der Waals surface area (Å²) in [7, 11) is 0. The van der Waals surface area contributed by atoms with Crippen molar-refractivity contribution in [1.29, 1.82) is 0 Å². The first-order chi connectivity index (χ1) is 8.65. The Balaban J connectivity index is 1.72. The van der Waals surface area contributed by atoms with Gasteiger partial charge >= 0.3 is 0 Å². The van der Waals surface area contributed by atoms with Crippen molar-refractivity contribution < 1.29 is 4.74 Å². The summed E-state index contributed by atoms with van der Waals surface area (Å²) in [4.78, 5) is 2.38. The van der Waals surface area contributed by atoms with Crippen LogP contribution in [-0.2, 0) is 0 Å². The largest absolute Gasteiger partial charge is 0.492 e. The second-order valence-electron chi connectivity index (χ2n) is 4.89. The van der Waals surface area contributed by atoms with Gasteiger partial charge in [-0.2, -0.15) is 0 Å². The molecule has 18 heavy (non-hydrogen) atoms. The van der Waals surface area contributed by atoms with E-state index in [4.69, 9.17) is 16.3 Å². The topological polar surface area (TPSA) is 12.5 Å². The van der Waals surface area contributed by atoms with Gasteiger partial charge in [-0.15, -0.1) is 11.6 Å². The predicted octanol–water partition coefficient (Wildman–Crippen LogP) is 3.78. The molecular weight excluding hydrogens is 314 g/mol. The van der Waals surface area contributed by atoms with E-state index in [-0.39, 0.29) is 5.38 Å². The second kappa shape index (κ2) is 6.78. The molecule has 0 aliphatic carbocycles. The molecule has 0 amide bonds. The van der Waals surface area contributed by atoms with Crippen LogP contribution >= 0.6 is 27.5 Å². The second-order valence-corrected chi connectivity index (χ2v) is 6.36. The van der Waals surface area contributed by atoms with Gasteiger partial charge in [0.25, 0.3) is 0 Å². The van der Waals surface area contributed by atoms with Crippen LogP contribution in [0.2, 0.25) is 0 Å². The standard InChI is InChI=1S/C14H19BrClNO/c1-11-5-6-17(10-14(11)16)7-8-18-13-4-2-3-12(15)9-13/h2-4,9,11,14H,5-8,10H2,1H3. The molecular formula is C14H19BrClNO. The molecule has 1 fully saturated rings. The minimum absolute atomic E-state index is 0.282. The predicted molar refractivity (Wildman–Crippen MR) is 79.5 cm³/mol. The molecule has 1 aromatic rings. The summed E-state index contributed by atoms with van der Waals surface area (Å²) >= 11 is 9.73. The third-order valence-corrected chi connectivity index (χ3v) is 4.48. The number of hydrogen-bond acceptors (Lipinski definition) is 2.